The summed E-state index contributed by atoms with van der Waals surface area (Å²) in [6.07, 6.45) is 8.92. The number of nitrogens with one attached hydrogen (secondary N) is 3. The Morgan fingerprint density at radius 1 is 1.13 bits per heavy atom. The number of rotatable bonds is 7. The third-order valence-corrected chi connectivity index (χ3v) is 10.3. The van der Waals surface area contributed by atoms with Crippen LogP contribution < -0.4 is 10.6 Å². The molecule has 0 unspecified atom stereocenters. The molecule has 2 amide bonds. The minimum absolute atomic E-state index is 0.0721. The number of aryl methyl sites for hydroxylation is 1. The van der Waals surface area contributed by atoms with Crippen LogP contribution in [0.25, 0.3) is 10.9 Å². The Balaban J connectivity index is 1.51. The summed E-state index contributed by atoms with van der Waals surface area (Å²) in [6.45, 7) is 4.66. The van der Waals surface area contributed by atoms with E-state index in [4.69, 9.17) is 0 Å². The van der Waals surface area contributed by atoms with Crippen molar-refractivity contribution in [3.05, 3.63) is 35.5 Å². The number of hydrogen-bond acceptors (Lipinski definition) is 5. The van der Waals surface area contributed by atoms with Gasteiger partial charge >= 0.3 is 0 Å². The Morgan fingerprint density at radius 3 is 2.55 bits per heavy atom. The van der Waals surface area contributed by atoms with Gasteiger partial charge in [0.2, 0.25) is 21.8 Å². The fourth-order valence-electron chi connectivity index (χ4n) is 6.96. The first-order valence-electron chi connectivity index (χ1n) is 13.9. The topological polar surface area (TPSA) is 115 Å². The van der Waals surface area contributed by atoms with Gasteiger partial charge in [0.05, 0.1) is 18.3 Å². The number of likely N-dealkylation sites (N-methyl/N-ethyl adjacent to an activating group) is 1. The first-order chi connectivity index (χ1) is 18.1. The smallest absolute Gasteiger partial charge is 0.245 e. The Morgan fingerprint density at radius 2 is 1.87 bits per heavy atom. The zero-order valence-corrected chi connectivity index (χ0v) is 23.7. The molecule has 5 rings (SSSR count). The summed E-state index contributed by atoms with van der Waals surface area (Å²) < 4.78 is 27.3. The van der Waals surface area contributed by atoms with E-state index in [0.29, 0.717) is 19.5 Å². The van der Waals surface area contributed by atoms with E-state index in [1.807, 2.05) is 18.0 Å². The number of amides is 2. The van der Waals surface area contributed by atoms with Gasteiger partial charge in [-0.3, -0.25) is 9.59 Å². The highest BCUT2D eigenvalue weighted by Crippen LogP contribution is 2.44. The van der Waals surface area contributed by atoms with E-state index < -0.39 is 22.1 Å². The largest absolute Gasteiger partial charge is 0.361 e. The normalized spacial score (nSPS) is 26.4. The van der Waals surface area contributed by atoms with E-state index in [-0.39, 0.29) is 35.7 Å². The Bertz CT molecular complexity index is 1300. The fourth-order valence-corrected chi connectivity index (χ4v) is 8.12. The summed E-state index contributed by atoms with van der Waals surface area (Å²) in [5.74, 6) is -0.321. The van der Waals surface area contributed by atoms with E-state index in [1.165, 1.54) is 6.26 Å². The fraction of sp³-hybridized carbons (Fsp3) is 0.643. The maximum atomic E-state index is 14.3. The maximum absolute atomic E-state index is 14.3. The number of aromatic amines is 1. The highest BCUT2D eigenvalue weighted by Gasteiger charge is 2.54. The summed E-state index contributed by atoms with van der Waals surface area (Å²) in [6, 6.07) is 4.69. The molecule has 2 aliphatic heterocycles. The molecule has 10 heteroatoms. The van der Waals surface area contributed by atoms with Crippen molar-refractivity contribution < 1.29 is 18.0 Å². The van der Waals surface area contributed by atoms with Gasteiger partial charge < -0.3 is 20.5 Å². The first-order valence-corrected chi connectivity index (χ1v) is 15.8. The lowest BCUT2D eigenvalue weighted by Gasteiger charge is -2.36. The van der Waals surface area contributed by atoms with Crippen LogP contribution in [0.15, 0.2) is 24.4 Å². The van der Waals surface area contributed by atoms with Crippen LogP contribution in [0.1, 0.15) is 62.5 Å². The van der Waals surface area contributed by atoms with E-state index in [0.717, 1.165) is 54.1 Å². The molecule has 3 aliphatic rings. The molecule has 5 atom stereocenters. The van der Waals surface area contributed by atoms with Crippen LogP contribution >= 0.6 is 0 Å². The van der Waals surface area contributed by atoms with Crippen molar-refractivity contribution in [3.63, 3.8) is 0 Å². The summed E-state index contributed by atoms with van der Waals surface area (Å²) >= 11 is 0. The Hall–Kier alpha value is -2.43. The lowest BCUT2D eigenvalue weighted by Crippen LogP contribution is -2.57. The number of sulfonamides is 1. The lowest BCUT2D eigenvalue weighted by atomic mass is 9.82. The molecule has 2 aromatic rings. The van der Waals surface area contributed by atoms with Gasteiger partial charge in [0.25, 0.3) is 0 Å². The Kier molecular flexibility index (Phi) is 7.59. The van der Waals surface area contributed by atoms with Gasteiger partial charge in [0.1, 0.15) is 6.04 Å². The summed E-state index contributed by atoms with van der Waals surface area (Å²) in [5.41, 5.74) is 3.20. The molecule has 0 bridgehead atoms. The third kappa shape index (κ3) is 4.98. The molecule has 1 aliphatic carbocycles. The molecule has 3 fully saturated rings. The van der Waals surface area contributed by atoms with E-state index in [1.54, 1.807) is 18.3 Å². The average molecular weight is 544 g/mol. The third-order valence-electron chi connectivity index (χ3n) is 9.07. The molecule has 38 heavy (non-hydrogen) atoms. The SMILES string of the molecule is CN[C@@H](C)C(=O)N[C@H](C(=O)N1CC[C@@H]2[C@H]1[C@@H](c1c[nH]c3cc(C)ccc13)CN2S(C)(=O)=O)C1CCCCC1. The second-order valence-corrected chi connectivity index (χ2v) is 13.4. The molecule has 0 radical (unpaired) electrons. The van der Waals surface area contributed by atoms with Crippen molar-refractivity contribution in [2.45, 2.75) is 82.5 Å². The van der Waals surface area contributed by atoms with Crippen molar-refractivity contribution in [3.8, 4) is 0 Å². The summed E-state index contributed by atoms with van der Waals surface area (Å²) in [5, 5.41) is 7.13. The number of aromatic nitrogens is 1. The highest BCUT2D eigenvalue weighted by molar-refractivity contribution is 7.88. The second-order valence-electron chi connectivity index (χ2n) is 11.5. The monoisotopic (exact) mass is 543 g/mol. The van der Waals surface area contributed by atoms with Crippen LogP contribution in [0.3, 0.4) is 0 Å². The maximum Gasteiger partial charge on any atom is 0.245 e. The number of fused-ring (bicyclic) bond motifs is 2. The minimum Gasteiger partial charge on any atom is -0.361 e. The van der Waals surface area contributed by atoms with Gasteiger partial charge in [0, 0.05) is 42.1 Å². The van der Waals surface area contributed by atoms with E-state index >= 15 is 0 Å². The van der Waals surface area contributed by atoms with Crippen LogP contribution in [0.4, 0.5) is 0 Å². The lowest BCUT2D eigenvalue weighted by molar-refractivity contribution is -0.139. The van der Waals surface area contributed by atoms with Gasteiger partial charge in [0.15, 0.2) is 0 Å². The quantitative estimate of drug-likeness (QED) is 0.497. The van der Waals surface area contributed by atoms with Crippen LogP contribution in [0.5, 0.6) is 0 Å². The van der Waals surface area contributed by atoms with Crippen molar-refractivity contribution in [1.82, 2.24) is 24.8 Å². The van der Waals surface area contributed by atoms with Crippen molar-refractivity contribution in [2.75, 3.05) is 26.4 Å². The van der Waals surface area contributed by atoms with Gasteiger partial charge in [-0.25, -0.2) is 8.42 Å². The predicted octanol–water partition coefficient (Wildman–Crippen LogP) is 2.48. The van der Waals surface area contributed by atoms with E-state index in [9.17, 15) is 18.0 Å². The summed E-state index contributed by atoms with van der Waals surface area (Å²) in [7, 11) is -1.72. The standard InChI is InChI=1S/C28H41N5O4S/c1-17-10-11-20-21(15-30-23(20)14-17)22-16-33(38(4,36)37)24-12-13-32(26(22)24)28(35)25(19-8-6-5-7-9-19)31-27(34)18(2)29-3/h10-11,14-15,18-19,22,24-26,29-30H,5-9,12-13,16H2,1-4H3,(H,31,34)/t18-,22+,24+,25-,26+/m0/s1. The zero-order chi connectivity index (χ0) is 27.2. The number of hydrogen-bond donors (Lipinski definition) is 3. The first kappa shape index (κ1) is 27.1. The molecule has 1 aromatic heterocycles. The molecule has 1 aromatic carbocycles. The minimum atomic E-state index is -3.46. The van der Waals surface area contributed by atoms with Crippen molar-refractivity contribution in [1.29, 1.82) is 0 Å². The van der Waals surface area contributed by atoms with Gasteiger partial charge in [-0.1, -0.05) is 31.4 Å². The Labute approximate surface area is 225 Å². The zero-order valence-electron chi connectivity index (χ0n) is 22.9. The molecule has 0 spiro atoms. The van der Waals surface area contributed by atoms with Gasteiger partial charge in [-0.15, -0.1) is 0 Å². The van der Waals surface area contributed by atoms with Gasteiger partial charge in [-0.05, 0) is 63.3 Å². The van der Waals surface area contributed by atoms with Crippen LogP contribution in [0, 0.1) is 12.8 Å². The van der Waals surface area contributed by atoms with Crippen LogP contribution in [0.2, 0.25) is 0 Å². The molecule has 3 heterocycles. The molecule has 3 N–H and O–H groups in total. The predicted molar refractivity (Wildman–Crippen MR) is 148 cm³/mol. The number of carbonyl (C=O) groups excluding carboxylic acids is 2. The molecule has 9 nitrogen and oxygen atoms in total. The molecular weight excluding hydrogens is 502 g/mol. The van der Waals surface area contributed by atoms with Crippen molar-refractivity contribution in [2.24, 2.45) is 5.92 Å². The molecule has 2 saturated heterocycles. The van der Waals surface area contributed by atoms with Gasteiger partial charge in [-0.2, -0.15) is 4.31 Å². The van der Waals surface area contributed by atoms with Crippen LogP contribution in [-0.4, -0.2) is 85.0 Å². The van der Waals surface area contributed by atoms with Crippen LogP contribution in [-0.2, 0) is 19.6 Å². The number of benzene rings is 1. The molecule has 1 saturated carbocycles. The van der Waals surface area contributed by atoms with E-state index in [2.05, 4.69) is 33.8 Å². The number of carbonyl (C=O) groups is 2. The number of nitrogens with zero attached hydrogens (tertiary/aromatic N) is 2. The number of likely N-dealkylation sites (tertiary alicyclic amines) is 1. The summed E-state index contributed by atoms with van der Waals surface area (Å²) in [4.78, 5) is 32.5. The number of H-pyrrole nitrogens is 1. The average Bonchev–Trinajstić information content (AvgIpc) is 3.60. The molecule has 208 valence electrons. The highest BCUT2D eigenvalue weighted by atomic mass is 32.2. The molecular formula is C28H41N5O4S. The van der Waals surface area contributed by atoms with Crippen molar-refractivity contribution >= 4 is 32.7 Å². The second kappa shape index (κ2) is 10.6.